The molecule has 0 saturated carbocycles. The average molecular weight is 271 g/mol. The van der Waals surface area contributed by atoms with E-state index in [0.717, 1.165) is 0 Å². The molecule has 0 saturated heterocycles. The van der Waals surface area contributed by atoms with E-state index in [0.29, 0.717) is 32.6 Å². The van der Waals surface area contributed by atoms with Gasteiger partial charge in [0.05, 0.1) is 13.2 Å². The van der Waals surface area contributed by atoms with E-state index >= 15 is 0 Å². The van der Waals surface area contributed by atoms with Crippen molar-refractivity contribution < 1.29 is 14.3 Å². The smallest absolute Gasteiger partial charge is 0.207 e. The van der Waals surface area contributed by atoms with Crippen LogP contribution in [0.5, 0.6) is 0 Å². The van der Waals surface area contributed by atoms with Crippen molar-refractivity contribution in [2.45, 2.75) is 48.0 Å². The summed E-state index contributed by atoms with van der Waals surface area (Å²) < 4.78 is 5.73. The number of amides is 1. The van der Waals surface area contributed by atoms with Crippen LogP contribution in [0.4, 0.5) is 0 Å². The zero-order valence-corrected chi connectivity index (χ0v) is 13.2. The standard InChI is InChI=1S/C15H29NO3/c1-12(2)13(18)7-14(3,4)9-19-10-15(5,6)8-16-11-17/h11-12H,7-10H2,1-6H3,(H,16,17). The molecular weight excluding hydrogens is 242 g/mol. The highest BCUT2D eigenvalue weighted by Crippen LogP contribution is 2.24. The number of carbonyl (C=O) groups is 2. The second-order valence-electron chi connectivity index (χ2n) is 7.12. The normalized spacial score (nSPS) is 12.6. The van der Waals surface area contributed by atoms with Crippen LogP contribution in [0.2, 0.25) is 0 Å². The van der Waals surface area contributed by atoms with Crippen molar-refractivity contribution >= 4 is 12.2 Å². The van der Waals surface area contributed by atoms with Gasteiger partial charge in [-0.1, -0.05) is 41.5 Å². The van der Waals surface area contributed by atoms with Gasteiger partial charge in [0.2, 0.25) is 6.41 Å². The Morgan fingerprint density at radius 3 is 2.16 bits per heavy atom. The van der Waals surface area contributed by atoms with E-state index in [9.17, 15) is 9.59 Å². The molecule has 0 aliphatic heterocycles. The van der Waals surface area contributed by atoms with Crippen LogP contribution in [0.1, 0.15) is 48.0 Å². The maximum absolute atomic E-state index is 11.8. The van der Waals surface area contributed by atoms with E-state index in [1.54, 1.807) is 0 Å². The van der Waals surface area contributed by atoms with Crippen LogP contribution in [-0.2, 0) is 14.3 Å². The van der Waals surface area contributed by atoms with E-state index in [1.165, 1.54) is 0 Å². The lowest BCUT2D eigenvalue weighted by atomic mass is 9.85. The first-order chi connectivity index (χ1) is 8.59. The molecular formula is C15H29NO3. The molecule has 112 valence electrons. The molecule has 0 heterocycles. The van der Waals surface area contributed by atoms with Crippen molar-refractivity contribution in [2.75, 3.05) is 19.8 Å². The Hall–Kier alpha value is -0.900. The van der Waals surface area contributed by atoms with Crippen LogP contribution in [-0.4, -0.2) is 32.0 Å². The molecule has 0 aliphatic rings. The number of carbonyl (C=O) groups excluding carboxylic acids is 2. The molecule has 1 N–H and O–H groups in total. The van der Waals surface area contributed by atoms with Gasteiger partial charge in [0, 0.05) is 24.3 Å². The van der Waals surface area contributed by atoms with Gasteiger partial charge >= 0.3 is 0 Å². The third-order valence-corrected chi connectivity index (χ3v) is 2.95. The molecule has 0 radical (unpaired) electrons. The minimum atomic E-state index is -0.143. The first-order valence-corrected chi connectivity index (χ1v) is 6.87. The molecule has 4 nitrogen and oxygen atoms in total. The highest BCUT2D eigenvalue weighted by molar-refractivity contribution is 5.80. The molecule has 4 heteroatoms. The SMILES string of the molecule is CC(C)C(=O)CC(C)(C)COCC(C)(C)CNC=O. The van der Waals surface area contributed by atoms with Crippen LogP contribution in [0.3, 0.4) is 0 Å². The van der Waals surface area contributed by atoms with Crippen molar-refractivity contribution in [3.05, 3.63) is 0 Å². The van der Waals surface area contributed by atoms with Gasteiger partial charge in [0.1, 0.15) is 5.78 Å². The molecule has 0 unspecified atom stereocenters. The highest BCUT2D eigenvalue weighted by atomic mass is 16.5. The third kappa shape index (κ3) is 8.76. The lowest BCUT2D eigenvalue weighted by molar-refractivity contribution is -0.125. The fourth-order valence-corrected chi connectivity index (χ4v) is 1.70. The Bertz CT molecular complexity index is 296. The summed E-state index contributed by atoms with van der Waals surface area (Å²) in [5, 5.41) is 2.67. The Morgan fingerprint density at radius 2 is 1.68 bits per heavy atom. The summed E-state index contributed by atoms with van der Waals surface area (Å²) in [5.41, 5.74) is -0.242. The van der Waals surface area contributed by atoms with E-state index in [4.69, 9.17) is 4.74 Å². The number of ether oxygens (including phenoxy) is 1. The summed E-state index contributed by atoms with van der Waals surface area (Å²) in [5.74, 6) is 0.350. The van der Waals surface area contributed by atoms with Crippen LogP contribution >= 0.6 is 0 Å². The highest BCUT2D eigenvalue weighted by Gasteiger charge is 2.25. The van der Waals surface area contributed by atoms with Gasteiger partial charge in [-0.15, -0.1) is 0 Å². The number of nitrogens with one attached hydrogen (secondary N) is 1. The summed E-state index contributed by atoms with van der Waals surface area (Å²) in [6, 6.07) is 0. The molecule has 0 aromatic rings. The largest absolute Gasteiger partial charge is 0.380 e. The molecule has 0 atom stereocenters. The van der Waals surface area contributed by atoms with Gasteiger partial charge < -0.3 is 10.1 Å². The number of hydrogen-bond acceptors (Lipinski definition) is 3. The Balaban J connectivity index is 4.10. The van der Waals surface area contributed by atoms with Gasteiger partial charge in [-0.2, -0.15) is 0 Å². The summed E-state index contributed by atoms with van der Waals surface area (Å²) in [4.78, 5) is 22.0. The predicted octanol–water partition coefficient (Wildman–Crippen LogP) is 2.42. The van der Waals surface area contributed by atoms with Gasteiger partial charge in [0.15, 0.2) is 0 Å². The van der Waals surface area contributed by atoms with Crippen molar-refractivity contribution in [1.82, 2.24) is 5.32 Å². The molecule has 0 rings (SSSR count). The second kappa shape index (κ2) is 7.63. The third-order valence-electron chi connectivity index (χ3n) is 2.95. The Labute approximate surface area is 117 Å². The lowest BCUT2D eigenvalue weighted by Crippen LogP contribution is -2.34. The second-order valence-corrected chi connectivity index (χ2v) is 7.12. The fraction of sp³-hybridized carbons (Fsp3) is 0.867. The zero-order valence-electron chi connectivity index (χ0n) is 13.2. The van der Waals surface area contributed by atoms with Crippen molar-refractivity contribution in [2.24, 2.45) is 16.7 Å². The van der Waals surface area contributed by atoms with Crippen molar-refractivity contribution in [3.8, 4) is 0 Å². The van der Waals surface area contributed by atoms with Crippen LogP contribution in [0.25, 0.3) is 0 Å². The Kier molecular flexibility index (Phi) is 7.27. The summed E-state index contributed by atoms with van der Waals surface area (Å²) in [6.07, 6.45) is 1.24. The van der Waals surface area contributed by atoms with Crippen molar-refractivity contribution in [3.63, 3.8) is 0 Å². The Morgan fingerprint density at radius 1 is 1.16 bits per heavy atom. The molecule has 0 bridgehead atoms. The first-order valence-electron chi connectivity index (χ1n) is 6.87. The van der Waals surface area contributed by atoms with Crippen LogP contribution in [0, 0.1) is 16.7 Å². The monoisotopic (exact) mass is 271 g/mol. The maximum atomic E-state index is 11.8. The molecule has 0 fully saturated rings. The fourth-order valence-electron chi connectivity index (χ4n) is 1.70. The summed E-state index contributed by atoms with van der Waals surface area (Å²) in [6.45, 7) is 13.7. The number of Topliss-reactive ketones (excluding diaryl/α,β-unsaturated/α-hetero) is 1. The molecule has 0 spiro atoms. The number of rotatable bonds is 10. The van der Waals surface area contributed by atoms with E-state index < -0.39 is 0 Å². The molecule has 0 aromatic carbocycles. The number of ketones is 1. The summed E-state index contributed by atoms with van der Waals surface area (Å²) >= 11 is 0. The summed E-state index contributed by atoms with van der Waals surface area (Å²) in [7, 11) is 0. The topological polar surface area (TPSA) is 55.4 Å². The molecule has 0 aliphatic carbocycles. The van der Waals surface area contributed by atoms with Gasteiger partial charge in [-0.05, 0) is 5.41 Å². The van der Waals surface area contributed by atoms with E-state index in [2.05, 4.69) is 5.32 Å². The quantitative estimate of drug-likeness (QED) is 0.621. The predicted molar refractivity (Wildman–Crippen MR) is 76.9 cm³/mol. The van der Waals surface area contributed by atoms with Gasteiger partial charge in [0.25, 0.3) is 0 Å². The minimum absolute atomic E-state index is 0.0764. The van der Waals surface area contributed by atoms with Crippen molar-refractivity contribution in [1.29, 1.82) is 0 Å². The zero-order chi connectivity index (χ0) is 15.1. The molecule has 19 heavy (non-hydrogen) atoms. The lowest BCUT2D eigenvalue weighted by Gasteiger charge is -2.29. The maximum Gasteiger partial charge on any atom is 0.207 e. The first kappa shape index (κ1) is 18.1. The number of hydrogen-bond donors (Lipinski definition) is 1. The van der Waals surface area contributed by atoms with Crippen LogP contribution in [0.15, 0.2) is 0 Å². The van der Waals surface area contributed by atoms with E-state index in [1.807, 2.05) is 41.5 Å². The molecule has 1 amide bonds. The molecule has 0 aromatic heterocycles. The average Bonchev–Trinajstić information content (AvgIpc) is 2.25. The van der Waals surface area contributed by atoms with Crippen LogP contribution < -0.4 is 5.32 Å². The van der Waals surface area contributed by atoms with Gasteiger partial charge in [-0.3, -0.25) is 9.59 Å². The van der Waals surface area contributed by atoms with Gasteiger partial charge in [-0.25, -0.2) is 0 Å². The minimum Gasteiger partial charge on any atom is -0.380 e. The van der Waals surface area contributed by atoms with E-state index in [-0.39, 0.29) is 22.5 Å².